The molecule has 1 aliphatic rings. The van der Waals surface area contributed by atoms with E-state index in [9.17, 15) is 18.3 Å². The van der Waals surface area contributed by atoms with Gasteiger partial charge in [0.05, 0.1) is 18.0 Å². The number of carbonyl (C=O) groups is 1. The van der Waals surface area contributed by atoms with E-state index in [4.69, 9.17) is 0 Å². The van der Waals surface area contributed by atoms with Gasteiger partial charge in [-0.25, -0.2) is 8.42 Å². The minimum Gasteiger partial charge on any atom is -0.394 e. The lowest BCUT2D eigenvalue weighted by molar-refractivity contribution is 0.0998. The first-order chi connectivity index (χ1) is 12.4. The molecule has 0 saturated carbocycles. The van der Waals surface area contributed by atoms with Crippen LogP contribution in [0.15, 0.2) is 59.1 Å². The molecule has 0 amide bonds. The van der Waals surface area contributed by atoms with Crippen LogP contribution in [0.25, 0.3) is 6.08 Å². The zero-order valence-corrected chi connectivity index (χ0v) is 15.4. The van der Waals surface area contributed by atoms with Crippen LogP contribution < -0.4 is 4.90 Å². The lowest BCUT2D eigenvalue weighted by Gasteiger charge is -2.30. The lowest BCUT2D eigenvalue weighted by Crippen LogP contribution is -2.40. The molecule has 1 aliphatic heterocycles. The lowest BCUT2D eigenvalue weighted by atomic mass is 10.0. The number of fused-ring (bicyclic) bond motifs is 1. The predicted octanol–water partition coefficient (Wildman–Crippen LogP) is 1.97. The largest absolute Gasteiger partial charge is 0.394 e. The van der Waals surface area contributed by atoms with Gasteiger partial charge in [-0.3, -0.25) is 9.10 Å². The van der Waals surface area contributed by atoms with Crippen molar-refractivity contribution in [1.82, 2.24) is 4.31 Å². The molecule has 1 N–H and O–H groups in total. The molecule has 136 valence electrons. The van der Waals surface area contributed by atoms with Crippen molar-refractivity contribution in [2.75, 3.05) is 32.1 Å². The molecule has 0 aliphatic carbocycles. The number of β-amino-alcohol motifs (C(OH)–C–C–N with tert-alkyl or cyclic N) is 1. The number of ketones is 1. The highest BCUT2D eigenvalue weighted by molar-refractivity contribution is 7.89. The second-order valence-electron chi connectivity index (χ2n) is 6.14. The van der Waals surface area contributed by atoms with Crippen molar-refractivity contribution in [3.8, 4) is 0 Å². The van der Waals surface area contributed by atoms with Crippen LogP contribution in [-0.4, -0.2) is 50.9 Å². The first-order valence-corrected chi connectivity index (χ1v) is 9.56. The fourth-order valence-electron chi connectivity index (χ4n) is 2.87. The number of Topliss-reactive ketones (excluding diaryl/α,β-unsaturated/α-hetero) is 1. The maximum Gasteiger partial charge on any atom is 0.265 e. The number of sulfonamides is 1. The van der Waals surface area contributed by atoms with Crippen molar-refractivity contribution in [1.29, 1.82) is 0 Å². The van der Waals surface area contributed by atoms with Crippen molar-refractivity contribution in [3.63, 3.8) is 0 Å². The van der Waals surface area contributed by atoms with E-state index in [1.807, 2.05) is 43.3 Å². The fraction of sp³-hybridized carbons (Fsp3) is 0.211. The zero-order chi connectivity index (χ0) is 18.9. The van der Waals surface area contributed by atoms with Crippen LogP contribution in [0.5, 0.6) is 0 Å². The van der Waals surface area contributed by atoms with Crippen molar-refractivity contribution < 1.29 is 18.3 Å². The molecule has 0 radical (unpaired) electrons. The molecule has 0 aromatic heterocycles. The molecule has 1 heterocycles. The number of hydrogen-bond donors (Lipinski definition) is 1. The number of allylic oxidation sites excluding steroid dienone is 1. The summed E-state index contributed by atoms with van der Waals surface area (Å²) in [7, 11) is -0.0503. The first kappa shape index (κ1) is 18.2. The third-order valence-electron chi connectivity index (χ3n) is 4.22. The SMILES string of the molecule is CN(C)c1ccc(/C=C2\C(=O)c3ccccc3S(=O)(=O)N2CCO)cc1. The van der Waals surface area contributed by atoms with Gasteiger partial charge in [-0.05, 0) is 35.9 Å². The number of anilines is 1. The molecule has 0 unspecified atom stereocenters. The molecule has 0 saturated heterocycles. The summed E-state index contributed by atoms with van der Waals surface area (Å²) in [5, 5.41) is 9.32. The maximum absolute atomic E-state index is 12.9. The quantitative estimate of drug-likeness (QED) is 0.831. The molecule has 7 heteroatoms. The highest BCUT2D eigenvalue weighted by Crippen LogP contribution is 2.33. The van der Waals surface area contributed by atoms with E-state index in [2.05, 4.69) is 0 Å². The average Bonchev–Trinajstić information content (AvgIpc) is 2.63. The monoisotopic (exact) mass is 372 g/mol. The van der Waals surface area contributed by atoms with Crippen LogP contribution in [0.2, 0.25) is 0 Å². The maximum atomic E-state index is 12.9. The van der Waals surface area contributed by atoms with Gasteiger partial charge in [0.15, 0.2) is 0 Å². The Morgan fingerprint density at radius 2 is 1.73 bits per heavy atom. The van der Waals surface area contributed by atoms with E-state index < -0.39 is 10.0 Å². The van der Waals surface area contributed by atoms with Crippen LogP contribution in [0.1, 0.15) is 15.9 Å². The number of nitrogens with zero attached hydrogens (tertiary/aromatic N) is 2. The first-order valence-electron chi connectivity index (χ1n) is 8.12. The van der Waals surface area contributed by atoms with E-state index >= 15 is 0 Å². The van der Waals surface area contributed by atoms with E-state index in [0.29, 0.717) is 5.56 Å². The van der Waals surface area contributed by atoms with Crippen LogP contribution in [0.3, 0.4) is 0 Å². The summed E-state index contributed by atoms with van der Waals surface area (Å²) in [6.45, 7) is -0.560. The molecule has 2 aromatic rings. The van der Waals surface area contributed by atoms with Gasteiger partial charge in [0.25, 0.3) is 10.0 Å². The summed E-state index contributed by atoms with van der Waals surface area (Å²) in [5.41, 5.74) is 1.89. The van der Waals surface area contributed by atoms with Crippen LogP contribution >= 0.6 is 0 Å². The second-order valence-corrected chi connectivity index (χ2v) is 7.97. The number of aliphatic hydroxyl groups is 1. The van der Waals surface area contributed by atoms with Crippen molar-refractivity contribution in [3.05, 3.63) is 65.4 Å². The molecule has 3 rings (SSSR count). The van der Waals surface area contributed by atoms with E-state index in [0.717, 1.165) is 9.99 Å². The summed E-state index contributed by atoms with van der Waals surface area (Å²) in [6, 6.07) is 13.5. The predicted molar refractivity (Wildman–Crippen MR) is 100 cm³/mol. The Bertz CT molecular complexity index is 963. The van der Waals surface area contributed by atoms with Gasteiger partial charge in [-0.1, -0.05) is 24.3 Å². The molecule has 6 nitrogen and oxygen atoms in total. The van der Waals surface area contributed by atoms with Gasteiger partial charge in [-0.2, -0.15) is 0 Å². The van der Waals surface area contributed by atoms with Crippen LogP contribution in [0, 0.1) is 0 Å². The second kappa shape index (κ2) is 6.93. The Morgan fingerprint density at radius 1 is 1.08 bits per heavy atom. The summed E-state index contributed by atoms with van der Waals surface area (Å²) >= 11 is 0. The summed E-state index contributed by atoms with van der Waals surface area (Å²) in [4.78, 5) is 14.8. The highest BCUT2D eigenvalue weighted by atomic mass is 32.2. The molecule has 0 atom stereocenters. The third-order valence-corrected chi connectivity index (χ3v) is 6.09. The van der Waals surface area contributed by atoms with Gasteiger partial charge < -0.3 is 10.0 Å². The minimum atomic E-state index is -3.89. The number of aliphatic hydroxyl groups excluding tert-OH is 1. The summed E-state index contributed by atoms with van der Waals surface area (Å²) < 4.78 is 26.8. The number of benzene rings is 2. The molecule has 26 heavy (non-hydrogen) atoms. The van der Waals surface area contributed by atoms with Gasteiger partial charge in [0, 0.05) is 25.3 Å². The van der Waals surface area contributed by atoms with E-state index in [1.54, 1.807) is 18.2 Å². The van der Waals surface area contributed by atoms with Crippen LogP contribution in [0.4, 0.5) is 5.69 Å². The summed E-state index contributed by atoms with van der Waals surface area (Å²) in [5.74, 6) is -0.374. The Kier molecular flexibility index (Phi) is 4.84. The Morgan fingerprint density at radius 3 is 2.35 bits per heavy atom. The zero-order valence-electron chi connectivity index (χ0n) is 14.6. The minimum absolute atomic E-state index is 0.0291. The van der Waals surface area contributed by atoms with Crippen molar-refractivity contribution in [2.45, 2.75) is 4.90 Å². The highest BCUT2D eigenvalue weighted by Gasteiger charge is 2.38. The molecule has 0 fully saturated rings. The van der Waals surface area contributed by atoms with Gasteiger partial charge >= 0.3 is 0 Å². The van der Waals surface area contributed by atoms with Gasteiger partial charge in [0.2, 0.25) is 5.78 Å². The molecular weight excluding hydrogens is 352 g/mol. The standard InChI is InChI=1S/C19H20N2O4S/c1-20(2)15-9-7-14(8-10-15)13-17-19(23)16-5-3-4-6-18(16)26(24,25)21(17)11-12-22/h3-10,13,22H,11-12H2,1-2H3/b17-13+. The number of rotatable bonds is 4. The average molecular weight is 372 g/mol. The van der Waals surface area contributed by atoms with Gasteiger partial charge in [-0.15, -0.1) is 0 Å². The third kappa shape index (κ3) is 3.11. The van der Waals surface area contributed by atoms with Crippen LogP contribution in [-0.2, 0) is 10.0 Å². The number of hydrogen-bond acceptors (Lipinski definition) is 5. The fourth-order valence-corrected chi connectivity index (χ4v) is 4.52. The van der Waals surface area contributed by atoms with Crippen molar-refractivity contribution in [2.24, 2.45) is 0 Å². The molecule has 0 bridgehead atoms. The van der Waals surface area contributed by atoms with E-state index in [-0.39, 0.29) is 35.1 Å². The molecule has 2 aromatic carbocycles. The Hall–Kier alpha value is -2.64. The normalized spacial score (nSPS) is 17.3. The topological polar surface area (TPSA) is 77.9 Å². The number of carbonyl (C=O) groups excluding carboxylic acids is 1. The molecular formula is C19H20N2O4S. The smallest absolute Gasteiger partial charge is 0.265 e. The van der Waals surface area contributed by atoms with E-state index in [1.165, 1.54) is 12.1 Å². The van der Waals surface area contributed by atoms with Gasteiger partial charge in [0.1, 0.15) is 5.70 Å². The Balaban J connectivity index is 2.13. The summed E-state index contributed by atoms with van der Waals surface area (Å²) in [6.07, 6.45) is 1.55. The van der Waals surface area contributed by atoms with Crippen molar-refractivity contribution >= 4 is 27.6 Å². The molecule has 0 spiro atoms. The Labute approximate surface area is 153 Å².